The van der Waals surface area contributed by atoms with Crippen molar-refractivity contribution in [3.63, 3.8) is 0 Å². The molecule has 2 rings (SSSR count). The Balaban J connectivity index is 2.25. The molecular formula is C18H24FNO3. The van der Waals surface area contributed by atoms with E-state index in [-0.39, 0.29) is 17.4 Å². The Bertz CT molecular complexity index is 607. The first-order valence-electron chi connectivity index (χ1n) is 7.91. The van der Waals surface area contributed by atoms with Gasteiger partial charge in [-0.2, -0.15) is 0 Å². The van der Waals surface area contributed by atoms with E-state index in [0.717, 1.165) is 12.8 Å². The average Bonchev–Trinajstić information content (AvgIpc) is 2.53. The fourth-order valence-corrected chi connectivity index (χ4v) is 3.02. The molecule has 0 bridgehead atoms. The Hall–Kier alpha value is -1.91. The third-order valence-electron chi connectivity index (χ3n) is 4.22. The molecule has 0 N–H and O–H groups in total. The quantitative estimate of drug-likeness (QED) is 0.785. The standard InChI is InChI=1S/C18H24FNO3/c1-18(2,3)17(22)20-10-6-7-12(11-20)13-8-5-9-14(15(13)19)16(21)23-4/h5,8-9,12H,6-7,10-11H2,1-4H3. The Kier molecular flexibility index (Phi) is 5.07. The van der Waals surface area contributed by atoms with Gasteiger partial charge in [0.05, 0.1) is 12.7 Å². The summed E-state index contributed by atoms with van der Waals surface area (Å²) < 4.78 is 19.3. The van der Waals surface area contributed by atoms with Crippen LogP contribution in [0.15, 0.2) is 18.2 Å². The highest BCUT2D eigenvalue weighted by Crippen LogP contribution is 2.32. The number of hydrogen-bond donors (Lipinski definition) is 0. The van der Waals surface area contributed by atoms with Gasteiger partial charge in [-0.05, 0) is 24.5 Å². The normalized spacial score (nSPS) is 18.7. The van der Waals surface area contributed by atoms with Gasteiger partial charge < -0.3 is 9.64 Å². The van der Waals surface area contributed by atoms with Crippen molar-refractivity contribution >= 4 is 11.9 Å². The fraction of sp³-hybridized carbons (Fsp3) is 0.556. The lowest BCUT2D eigenvalue weighted by Crippen LogP contribution is -2.44. The summed E-state index contributed by atoms with van der Waals surface area (Å²) >= 11 is 0. The molecular weight excluding hydrogens is 297 g/mol. The van der Waals surface area contributed by atoms with E-state index in [2.05, 4.69) is 4.74 Å². The molecule has 1 aromatic carbocycles. The number of nitrogens with zero attached hydrogens (tertiary/aromatic N) is 1. The molecule has 1 aromatic rings. The summed E-state index contributed by atoms with van der Waals surface area (Å²) in [6, 6.07) is 4.78. The lowest BCUT2D eigenvalue weighted by molar-refractivity contribution is -0.140. The molecule has 1 fully saturated rings. The predicted molar refractivity (Wildman–Crippen MR) is 85.7 cm³/mol. The number of likely N-dealkylation sites (tertiary alicyclic amines) is 1. The smallest absolute Gasteiger partial charge is 0.340 e. The van der Waals surface area contributed by atoms with Gasteiger partial charge in [-0.3, -0.25) is 4.79 Å². The van der Waals surface area contributed by atoms with Gasteiger partial charge in [0, 0.05) is 24.4 Å². The number of carbonyl (C=O) groups excluding carboxylic acids is 2. The Morgan fingerprint density at radius 1 is 1.30 bits per heavy atom. The lowest BCUT2D eigenvalue weighted by atomic mass is 9.87. The summed E-state index contributed by atoms with van der Waals surface area (Å²) in [5, 5.41) is 0. The molecule has 1 aliphatic rings. The number of amides is 1. The third-order valence-corrected chi connectivity index (χ3v) is 4.22. The second-order valence-electron chi connectivity index (χ2n) is 7.04. The lowest BCUT2D eigenvalue weighted by Gasteiger charge is -2.36. The van der Waals surface area contributed by atoms with Crippen LogP contribution in [0, 0.1) is 11.2 Å². The number of hydrogen-bond acceptors (Lipinski definition) is 3. The monoisotopic (exact) mass is 321 g/mol. The molecule has 1 unspecified atom stereocenters. The van der Waals surface area contributed by atoms with Crippen molar-refractivity contribution in [2.75, 3.05) is 20.2 Å². The summed E-state index contributed by atoms with van der Waals surface area (Å²) in [4.78, 5) is 25.9. The zero-order valence-corrected chi connectivity index (χ0v) is 14.2. The Labute approximate surface area is 136 Å². The second-order valence-corrected chi connectivity index (χ2v) is 7.04. The summed E-state index contributed by atoms with van der Waals surface area (Å²) in [6.07, 6.45) is 1.63. The summed E-state index contributed by atoms with van der Waals surface area (Å²) in [5.41, 5.74) is -0.0162. The van der Waals surface area contributed by atoms with Crippen molar-refractivity contribution in [3.8, 4) is 0 Å². The van der Waals surface area contributed by atoms with Crippen LogP contribution < -0.4 is 0 Å². The van der Waals surface area contributed by atoms with Crippen LogP contribution in [0.1, 0.15) is 55.5 Å². The Morgan fingerprint density at radius 2 is 2.00 bits per heavy atom. The molecule has 0 spiro atoms. The summed E-state index contributed by atoms with van der Waals surface area (Å²) in [6.45, 7) is 6.84. The van der Waals surface area contributed by atoms with E-state index < -0.39 is 17.2 Å². The van der Waals surface area contributed by atoms with E-state index in [1.807, 2.05) is 20.8 Å². The van der Waals surface area contributed by atoms with Crippen molar-refractivity contribution in [3.05, 3.63) is 35.1 Å². The van der Waals surface area contributed by atoms with Crippen molar-refractivity contribution < 1.29 is 18.7 Å². The van der Waals surface area contributed by atoms with E-state index in [1.54, 1.807) is 17.0 Å². The number of rotatable bonds is 2. The molecule has 1 amide bonds. The first-order valence-corrected chi connectivity index (χ1v) is 7.91. The minimum Gasteiger partial charge on any atom is -0.465 e. The molecule has 4 nitrogen and oxygen atoms in total. The van der Waals surface area contributed by atoms with E-state index in [9.17, 15) is 14.0 Å². The van der Waals surface area contributed by atoms with Gasteiger partial charge in [0.15, 0.2) is 0 Å². The van der Waals surface area contributed by atoms with E-state index in [0.29, 0.717) is 18.7 Å². The van der Waals surface area contributed by atoms with Crippen molar-refractivity contribution in [2.24, 2.45) is 5.41 Å². The Morgan fingerprint density at radius 3 is 2.61 bits per heavy atom. The van der Waals surface area contributed by atoms with Gasteiger partial charge in [0.2, 0.25) is 5.91 Å². The van der Waals surface area contributed by atoms with Crippen LogP contribution in [0.4, 0.5) is 4.39 Å². The van der Waals surface area contributed by atoms with Crippen LogP contribution >= 0.6 is 0 Å². The highest BCUT2D eigenvalue weighted by Gasteiger charge is 2.32. The topological polar surface area (TPSA) is 46.6 Å². The van der Waals surface area contributed by atoms with Crippen LogP contribution in [-0.2, 0) is 9.53 Å². The number of carbonyl (C=O) groups is 2. The molecule has 0 aliphatic carbocycles. The van der Waals surface area contributed by atoms with Crippen LogP contribution in [-0.4, -0.2) is 37.0 Å². The first kappa shape index (κ1) is 17.4. The van der Waals surface area contributed by atoms with E-state index in [4.69, 9.17) is 0 Å². The fourth-order valence-electron chi connectivity index (χ4n) is 3.02. The van der Waals surface area contributed by atoms with Gasteiger partial charge >= 0.3 is 5.97 Å². The number of benzene rings is 1. The van der Waals surface area contributed by atoms with Gasteiger partial charge in [0.1, 0.15) is 5.82 Å². The second kappa shape index (κ2) is 6.69. The number of halogens is 1. The maximum Gasteiger partial charge on any atom is 0.340 e. The van der Waals surface area contributed by atoms with Crippen LogP contribution in [0.25, 0.3) is 0 Å². The van der Waals surface area contributed by atoms with Crippen molar-refractivity contribution in [1.29, 1.82) is 0 Å². The molecule has 0 aromatic heterocycles. The molecule has 0 saturated carbocycles. The molecule has 1 heterocycles. The summed E-state index contributed by atoms with van der Waals surface area (Å²) in [5.74, 6) is -1.23. The zero-order chi connectivity index (χ0) is 17.2. The molecule has 1 aliphatic heterocycles. The predicted octanol–water partition coefficient (Wildman–Crippen LogP) is 3.36. The SMILES string of the molecule is COC(=O)c1cccc(C2CCCN(C(=O)C(C)(C)C)C2)c1F. The number of piperidine rings is 1. The van der Waals surface area contributed by atoms with Gasteiger partial charge in [-0.1, -0.05) is 32.9 Å². The van der Waals surface area contributed by atoms with Crippen molar-refractivity contribution in [2.45, 2.75) is 39.5 Å². The van der Waals surface area contributed by atoms with Crippen molar-refractivity contribution in [1.82, 2.24) is 4.90 Å². The van der Waals surface area contributed by atoms with Gasteiger partial charge in [0.25, 0.3) is 0 Å². The highest BCUT2D eigenvalue weighted by atomic mass is 19.1. The van der Waals surface area contributed by atoms with Crippen LogP contribution in [0.3, 0.4) is 0 Å². The van der Waals surface area contributed by atoms with Gasteiger partial charge in [-0.25, -0.2) is 9.18 Å². The minimum absolute atomic E-state index is 0.0516. The van der Waals surface area contributed by atoms with Crippen LogP contribution in [0.5, 0.6) is 0 Å². The molecule has 0 radical (unpaired) electrons. The maximum absolute atomic E-state index is 14.7. The average molecular weight is 321 g/mol. The minimum atomic E-state index is -0.678. The highest BCUT2D eigenvalue weighted by molar-refractivity contribution is 5.89. The van der Waals surface area contributed by atoms with Crippen LogP contribution in [0.2, 0.25) is 0 Å². The first-order chi connectivity index (χ1) is 10.8. The molecule has 1 saturated heterocycles. The third kappa shape index (κ3) is 3.71. The number of ether oxygens (including phenoxy) is 1. The largest absolute Gasteiger partial charge is 0.465 e. The van der Waals surface area contributed by atoms with E-state index in [1.165, 1.54) is 13.2 Å². The van der Waals surface area contributed by atoms with Gasteiger partial charge in [-0.15, -0.1) is 0 Å². The number of methoxy groups -OCH3 is 1. The van der Waals surface area contributed by atoms with E-state index >= 15 is 0 Å². The number of esters is 1. The zero-order valence-electron chi connectivity index (χ0n) is 14.2. The molecule has 5 heteroatoms. The molecule has 1 atom stereocenters. The molecule has 126 valence electrons. The maximum atomic E-state index is 14.7. The summed E-state index contributed by atoms with van der Waals surface area (Å²) in [7, 11) is 1.23. The molecule has 23 heavy (non-hydrogen) atoms.